The van der Waals surface area contributed by atoms with E-state index in [4.69, 9.17) is 4.74 Å². The molecule has 0 radical (unpaired) electrons. The molecule has 1 fully saturated rings. The average molecular weight is 250 g/mol. The number of carbonyl (C=O) groups excluding carboxylic acids is 1. The molecule has 0 spiro atoms. The zero-order chi connectivity index (χ0) is 13.0. The molecule has 2 N–H and O–H groups in total. The van der Waals surface area contributed by atoms with Crippen molar-refractivity contribution in [2.24, 2.45) is 5.92 Å². The van der Waals surface area contributed by atoms with Crippen LogP contribution in [0.5, 0.6) is 0 Å². The molecule has 0 aromatic carbocycles. The Balaban J connectivity index is 1.95. The number of anilines is 1. The fraction of sp³-hybridized carbons (Fsp3) is 0.583. The molecule has 1 saturated heterocycles. The molecule has 0 saturated carbocycles. The van der Waals surface area contributed by atoms with Gasteiger partial charge in [-0.2, -0.15) is 0 Å². The molecule has 6 heteroatoms. The maximum atomic E-state index is 11.3. The minimum absolute atomic E-state index is 0.230. The Morgan fingerprint density at radius 3 is 2.89 bits per heavy atom. The van der Waals surface area contributed by atoms with Crippen LogP contribution in [0.4, 0.5) is 5.82 Å². The summed E-state index contributed by atoms with van der Waals surface area (Å²) in [5.74, 6) is 0.957. The normalized spacial score (nSPS) is 20.4. The number of nitrogens with zero attached hydrogens (tertiary/aromatic N) is 2. The summed E-state index contributed by atoms with van der Waals surface area (Å²) in [4.78, 5) is 11.3. The van der Waals surface area contributed by atoms with Crippen LogP contribution in [0, 0.1) is 5.92 Å². The SMILES string of the molecule is CNC(=O)c1ccc(NC(C)C2CCOC2)nn1. The highest BCUT2D eigenvalue weighted by atomic mass is 16.5. The Bertz CT molecular complexity index is 401. The Labute approximate surface area is 106 Å². The van der Waals surface area contributed by atoms with Gasteiger partial charge in [-0.05, 0) is 25.5 Å². The molecule has 98 valence electrons. The lowest BCUT2D eigenvalue weighted by Crippen LogP contribution is -2.27. The van der Waals surface area contributed by atoms with Gasteiger partial charge >= 0.3 is 0 Å². The number of hydrogen-bond donors (Lipinski definition) is 2. The van der Waals surface area contributed by atoms with Gasteiger partial charge < -0.3 is 15.4 Å². The molecular weight excluding hydrogens is 232 g/mol. The van der Waals surface area contributed by atoms with Gasteiger partial charge in [0.15, 0.2) is 5.69 Å². The minimum atomic E-state index is -0.230. The van der Waals surface area contributed by atoms with Gasteiger partial charge in [-0.25, -0.2) is 0 Å². The van der Waals surface area contributed by atoms with Gasteiger partial charge in [-0.15, -0.1) is 10.2 Å². The van der Waals surface area contributed by atoms with E-state index in [1.807, 2.05) is 0 Å². The lowest BCUT2D eigenvalue weighted by atomic mass is 10.0. The van der Waals surface area contributed by atoms with E-state index in [0.717, 1.165) is 19.6 Å². The highest BCUT2D eigenvalue weighted by Crippen LogP contribution is 2.19. The molecule has 1 amide bonds. The summed E-state index contributed by atoms with van der Waals surface area (Å²) < 4.78 is 5.35. The second-order valence-corrected chi connectivity index (χ2v) is 4.44. The van der Waals surface area contributed by atoms with Crippen molar-refractivity contribution in [2.45, 2.75) is 19.4 Å². The third-order valence-electron chi connectivity index (χ3n) is 3.17. The van der Waals surface area contributed by atoms with Gasteiger partial charge in [0.05, 0.1) is 6.61 Å². The van der Waals surface area contributed by atoms with Crippen molar-refractivity contribution < 1.29 is 9.53 Å². The van der Waals surface area contributed by atoms with Crippen LogP contribution in [-0.2, 0) is 4.74 Å². The van der Waals surface area contributed by atoms with Crippen LogP contribution in [0.25, 0.3) is 0 Å². The van der Waals surface area contributed by atoms with E-state index in [-0.39, 0.29) is 11.9 Å². The molecule has 1 aliphatic rings. The first-order chi connectivity index (χ1) is 8.70. The second kappa shape index (κ2) is 5.77. The summed E-state index contributed by atoms with van der Waals surface area (Å²) >= 11 is 0. The highest BCUT2D eigenvalue weighted by Gasteiger charge is 2.22. The van der Waals surface area contributed by atoms with Crippen molar-refractivity contribution >= 4 is 11.7 Å². The average Bonchev–Trinajstić information content (AvgIpc) is 2.92. The molecule has 2 unspecified atom stereocenters. The van der Waals surface area contributed by atoms with Crippen molar-refractivity contribution in [1.29, 1.82) is 0 Å². The van der Waals surface area contributed by atoms with Crippen molar-refractivity contribution in [3.63, 3.8) is 0 Å². The van der Waals surface area contributed by atoms with E-state index in [1.54, 1.807) is 19.2 Å². The molecule has 1 aromatic heterocycles. The van der Waals surface area contributed by atoms with Crippen LogP contribution < -0.4 is 10.6 Å². The Hall–Kier alpha value is -1.69. The smallest absolute Gasteiger partial charge is 0.271 e. The van der Waals surface area contributed by atoms with Gasteiger partial charge in [0.1, 0.15) is 5.82 Å². The van der Waals surface area contributed by atoms with Crippen molar-refractivity contribution in [2.75, 3.05) is 25.6 Å². The van der Waals surface area contributed by atoms with Crippen molar-refractivity contribution in [3.8, 4) is 0 Å². The highest BCUT2D eigenvalue weighted by molar-refractivity contribution is 5.91. The Morgan fingerprint density at radius 2 is 2.33 bits per heavy atom. The first kappa shape index (κ1) is 12.8. The van der Waals surface area contributed by atoms with Crippen molar-refractivity contribution in [3.05, 3.63) is 17.8 Å². The van der Waals surface area contributed by atoms with E-state index in [0.29, 0.717) is 17.4 Å². The summed E-state index contributed by atoms with van der Waals surface area (Å²) in [5.41, 5.74) is 0.319. The topological polar surface area (TPSA) is 76.1 Å². The molecule has 2 heterocycles. The largest absolute Gasteiger partial charge is 0.381 e. The van der Waals surface area contributed by atoms with Gasteiger partial charge in [0.25, 0.3) is 5.91 Å². The molecule has 18 heavy (non-hydrogen) atoms. The predicted octanol–water partition coefficient (Wildman–Crippen LogP) is 0.673. The summed E-state index contributed by atoms with van der Waals surface area (Å²) in [6.45, 7) is 3.73. The maximum Gasteiger partial charge on any atom is 0.271 e. The lowest BCUT2D eigenvalue weighted by Gasteiger charge is -2.19. The molecule has 2 atom stereocenters. The third-order valence-corrected chi connectivity index (χ3v) is 3.17. The number of amides is 1. The van der Waals surface area contributed by atoms with Crippen molar-refractivity contribution in [1.82, 2.24) is 15.5 Å². The summed E-state index contributed by atoms with van der Waals surface area (Å²) in [6.07, 6.45) is 1.07. The standard InChI is InChI=1S/C12H18N4O2/c1-8(9-5-6-18-7-9)14-11-4-3-10(15-16-11)12(17)13-2/h3-4,8-9H,5-7H2,1-2H3,(H,13,17)(H,14,16). The molecule has 1 aliphatic heterocycles. The fourth-order valence-corrected chi connectivity index (χ4v) is 1.96. The monoisotopic (exact) mass is 250 g/mol. The number of carbonyl (C=O) groups is 1. The van der Waals surface area contributed by atoms with Crippen LogP contribution >= 0.6 is 0 Å². The van der Waals surface area contributed by atoms with Gasteiger partial charge in [0, 0.05) is 25.6 Å². The third kappa shape index (κ3) is 2.95. The van der Waals surface area contributed by atoms with E-state index < -0.39 is 0 Å². The van der Waals surface area contributed by atoms with Crippen LogP contribution in [0.3, 0.4) is 0 Å². The summed E-state index contributed by atoms with van der Waals surface area (Å²) in [7, 11) is 1.57. The predicted molar refractivity (Wildman–Crippen MR) is 67.4 cm³/mol. The Kier molecular flexibility index (Phi) is 4.09. The molecule has 6 nitrogen and oxygen atoms in total. The number of rotatable bonds is 4. The van der Waals surface area contributed by atoms with Crippen LogP contribution in [0.15, 0.2) is 12.1 Å². The van der Waals surface area contributed by atoms with Crippen LogP contribution in [-0.4, -0.2) is 42.4 Å². The minimum Gasteiger partial charge on any atom is -0.381 e. The molecule has 0 aliphatic carbocycles. The van der Waals surface area contributed by atoms with E-state index in [2.05, 4.69) is 27.8 Å². The van der Waals surface area contributed by atoms with Gasteiger partial charge in [-0.1, -0.05) is 0 Å². The van der Waals surface area contributed by atoms with Gasteiger partial charge in [0.2, 0.25) is 0 Å². The molecule has 0 bridgehead atoms. The quantitative estimate of drug-likeness (QED) is 0.821. The Morgan fingerprint density at radius 1 is 1.50 bits per heavy atom. The van der Waals surface area contributed by atoms with Gasteiger partial charge in [-0.3, -0.25) is 4.79 Å². The first-order valence-electron chi connectivity index (χ1n) is 6.11. The van der Waals surface area contributed by atoms with E-state index in [1.165, 1.54) is 0 Å². The van der Waals surface area contributed by atoms with E-state index in [9.17, 15) is 4.79 Å². The molecule has 1 aromatic rings. The second-order valence-electron chi connectivity index (χ2n) is 4.44. The number of aromatic nitrogens is 2. The molecule has 2 rings (SSSR count). The number of hydrogen-bond acceptors (Lipinski definition) is 5. The maximum absolute atomic E-state index is 11.3. The van der Waals surface area contributed by atoms with Crippen LogP contribution in [0.2, 0.25) is 0 Å². The number of nitrogens with one attached hydrogen (secondary N) is 2. The lowest BCUT2D eigenvalue weighted by molar-refractivity contribution is 0.0957. The number of ether oxygens (including phenoxy) is 1. The van der Waals surface area contributed by atoms with E-state index >= 15 is 0 Å². The fourth-order valence-electron chi connectivity index (χ4n) is 1.96. The molecular formula is C12H18N4O2. The van der Waals surface area contributed by atoms with Crippen LogP contribution in [0.1, 0.15) is 23.8 Å². The zero-order valence-electron chi connectivity index (χ0n) is 10.6. The zero-order valence-corrected chi connectivity index (χ0v) is 10.6. The summed E-state index contributed by atoms with van der Waals surface area (Å²) in [6, 6.07) is 3.71. The first-order valence-corrected chi connectivity index (χ1v) is 6.11. The summed E-state index contributed by atoms with van der Waals surface area (Å²) in [5, 5.41) is 13.7.